The van der Waals surface area contributed by atoms with Crippen molar-refractivity contribution in [3.8, 4) is 5.69 Å². The summed E-state index contributed by atoms with van der Waals surface area (Å²) in [4.78, 5) is 24.7. The number of nitrogens with zero attached hydrogens (tertiary/aromatic N) is 4. The van der Waals surface area contributed by atoms with Gasteiger partial charge in [0.2, 0.25) is 0 Å². The molecule has 0 radical (unpaired) electrons. The van der Waals surface area contributed by atoms with E-state index in [9.17, 15) is 22.8 Å². The average Bonchev–Trinajstić information content (AvgIpc) is 3.24. The molecule has 3 rings (SSSR count). The summed E-state index contributed by atoms with van der Waals surface area (Å²) in [5.41, 5.74) is -2.26. The topological polar surface area (TPSA) is 88.3 Å². The van der Waals surface area contributed by atoms with E-state index in [1.54, 1.807) is 18.3 Å². The van der Waals surface area contributed by atoms with Gasteiger partial charge in [0.15, 0.2) is 5.41 Å². The molecule has 1 amide bonds. The van der Waals surface area contributed by atoms with Gasteiger partial charge in [0.05, 0.1) is 18.1 Å². The molecule has 1 aliphatic rings. The normalized spacial score (nSPS) is 20.7. The highest BCUT2D eigenvalue weighted by Crippen LogP contribution is 2.46. The van der Waals surface area contributed by atoms with Gasteiger partial charge in [-0.2, -0.15) is 13.2 Å². The zero-order valence-corrected chi connectivity index (χ0v) is 12.8. The van der Waals surface area contributed by atoms with Gasteiger partial charge in [0.25, 0.3) is 5.91 Å². The van der Waals surface area contributed by atoms with Crippen molar-refractivity contribution in [2.24, 2.45) is 5.41 Å². The van der Waals surface area contributed by atoms with Crippen LogP contribution in [0, 0.1) is 5.41 Å². The summed E-state index contributed by atoms with van der Waals surface area (Å²) in [6.07, 6.45) is -2.60. The molecule has 1 N–H and O–H groups in total. The lowest BCUT2D eigenvalue weighted by Gasteiger charge is -2.27. The Bertz CT molecular complexity index is 807. The number of carbonyl (C=O) groups excluding carboxylic acids is 1. The molecule has 1 saturated heterocycles. The van der Waals surface area contributed by atoms with Gasteiger partial charge in [0, 0.05) is 18.7 Å². The maximum absolute atomic E-state index is 13.2. The van der Waals surface area contributed by atoms with E-state index in [2.05, 4.69) is 10.3 Å². The lowest BCUT2D eigenvalue weighted by molar-refractivity contribution is -0.227. The Labute approximate surface area is 139 Å². The molecule has 1 aromatic carbocycles. The van der Waals surface area contributed by atoms with Crippen LogP contribution in [0.3, 0.4) is 0 Å². The quantitative estimate of drug-likeness (QED) is 0.907. The van der Waals surface area contributed by atoms with Crippen LogP contribution in [-0.4, -0.2) is 56.1 Å². The summed E-state index contributed by atoms with van der Waals surface area (Å²) in [5, 5.41) is 16.5. The number of likely N-dealkylation sites (tertiary alicyclic amines) is 1. The number of aliphatic carboxylic acids is 1. The number of carbonyl (C=O) groups is 2. The van der Waals surface area contributed by atoms with Crippen LogP contribution in [0.5, 0.6) is 0 Å². The van der Waals surface area contributed by atoms with Crippen LogP contribution in [0.2, 0.25) is 0 Å². The summed E-state index contributed by atoms with van der Waals surface area (Å²) in [6.45, 7) is -1.18. The number of carboxylic acid groups (broad SMARTS) is 1. The number of carboxylic acids is 1. The van der Waals surface area contributed by atoms with Gasteiger partial charge in [-0.15, -0.1) is 5.10 Å². The third kappa shape index (κ3) is 2.83. The van der Waals surface area contributed by atoms with E-state index in [0.29, 0.717) is 5.69 Å². The van der Waals surface area contributed by atoms with E-state index in [0.717, 1.165) is 4.90 Å². The van der Waals surface area contributed by atoms with Crippen molar-refractivity contribution in [1.29, 1.82) is 0 Å². The molecule has 132 valence electrons. The minimum Gasteiger partial charge on any atom is -0.481 e. The highest BCUT2D eigenvalue weighted by atomic mass is 19.4. The molecule has 2 heterocycles. The molecule has 25 heavy (non-hydrogen) atoms. The molecular formula is C15H13F3N4O3. The average molecular weight is 354 g/mol. The second kappa shape index (κ2) is 5.87. The van der Waals surface area contributed by atoms with Gasteiger partial charge in [-0.25, -0.2) is 4.68 Å². The molecule has 2 aromatic rings. The lowest BCUT2D eigenvalue weighted by Crippen LogP contribution is -2.47. The zero-order valence-electron chi connectivity index (χ0n) is 12.8. The fourth-order valence-electron chi connectivity index (χ4n) is 2.82. The van der Waals surface area contributed by atoms with E-state index in [-0.39, 0.29) is 12.1 Å². The second-order valence-electron chi connectivity index (χ2n) is 5.76. The summed E-state index contributed by atoms with van der Waals surface area (Å²) in [7, 11) is 0. The molecule has 7 nitrogen and oxygen atoms in total. The van der Waals surface area contributed by atoms with Gasteiger partial charge in [-0.3, -0.25) is 9.59 Å². The molecule has 1 unspecified atom stereocenters. The first kappa shape index (κ1) is 16.9. The molecule has 1 atom stereocenters. The van der Waals surface area contributed by atoms with Gasteiger partial charge in [-0.05, 0) is 24.6 Å². The number of hydrogen-bond acceptors (Lipinski definition) is 4. The highest BCUT2D eigenvalue weighted by Gasteiger charge is 2.64. The van der Waals surface area contributed by atoms with Crippen molar-refractivity contribution in [1.82, 2.24) is 19.9 Å². The molecule has 0 saturated carbocycles. The molecular weight excluding hydrogens is 341 g/mol. The molecule has 1 aromatic heterocycles. The lowest BCUT2D eigenvalue weighted by atomic mass is 9.86. The van der Waals surface area contributed by atoms with Crippen molar-refractivity contribution in [2.75, 3.05) is 13.1 Å². The van der Waals surface area contributed by atoms with E-state index >= 15 is 0 Å². The summed E-state index contributed by atoms with van der Waals surface area (Å²) in [5.74, 6) is -2.62. The van der Waals surface area contributed by atoms with E-state index in [4.69, 9.17) is 5.11 Å². The largest absolute Gasteiger partial charge is 0.481 e. The fraction of sp³-hybridized carbons (Fsp3) is 0.333. The van der Waals surface area contributed by atoms with Crippen LogP contribution in [0.25, 0.3) is 5.69 Å². The first-order valence-electron chi connectivity index (χ1n) is 7.31. The van der Waals surface area contributed by atoms with Crippen LogP contribution in [0.1, 0.15) is 16.8 Å². The number of hydrogen-bond donors (Lipinski definition) is 1. The van der Waals surface area contributed by atoms with Gasteiger partial charge in [-0.1, -0.05) is 11.3 Å². The zero-order chi connectivity index (χ0) is 18.2. The van der Waals surface area contributed by atoms with Gasteiger partial charge in [0.1, 0.15) is 0 Å². The number of alkyl halides is 3. The molecule has 0 spiro atoms. The predicted octanol–water partition coefficient (Wildman–Crippen LogP) is 1.75. The maximum Gasteiger partial charge on any atom is 0.406 e. The Morgan fingerprint density at radius 2 is 2.04 bits per heavy atom. The SMILES string of the molecule is O=C(c1cccc(-n2ccnn2)c1)N1CCC(C(=O)O)(C(F)(F)F)C1. The van der Waals surface area contributed by atoms with Crippen molar-refractivity contribution in [3.05, 3.63) is 42.2 Å². The van der Waals surface area contributed by atoms with Crippen LogP contribution in [0.15, 0.2) is 36.7 Å². The van der Waals surface area contributed by atoms with Crippen molar-refractivity contribution >= 4 is 11.9 Å². The van der Waals surface area contributed by atoms with E-state index in [1.807, 2.05) is 0 Å². The minimum absolute atomic E-state index is 0.149. The molecule has 10 heteroatoms. The second-order valence-corrected chi connectivity index (χ2v) is 5.76. The third-order valence-electron chi connectivity index (χ3n) is 4.29. The molecule has 0 aliphatic carbocycles. The van der Waals surface area contributed by atoms with E-state index < -0.39 is 36.4 Å². The molecule has 1 aliphatic heterocycles. The van der Waals surface area contributed by atoms with Crippen LogP contribution in [-0.2, 0) is 4.79 Å². The van der Waals surface area contributed by atoms with Crippen LogP contribution in [0.4, 0.5) is 13.2 Å². The third-order valence-corrected chi connectivity index (χ3v) is 4.29. The van der Waals surface area contributed by atoms with Crippen LogP contribution >= 0.6 is 0 Å². The van der Waals surface area contributed by atoms with Crippen molar-refractivity contribution < 1.29 is 27.9 Å². The number of amides is 1. The van der Waals surface area contributed by atoms with Crippen molar-refractivity contribution in [2.45, 2.75) is 12.6 Å². The Morgan fingerprint density at radius 1 is 1.28 bits per heavy atom. The Morgan fingerprint density at radius 3 is 2.60 bits per heavy atom. The first-order valence-corrected chi connectivity index (χ1v) is 7.31. The van der Waals surface area contributed by atoms with E-state index in [1.165, 1.54) is 23.0 Å². The highest BCUT2D eigenvalue weighted by molar-refractivity contribution is 5.95. The minimum atomic E-state index is -4.93. The predicted molar refractivity (Wildman–Crippen MR) is 78.0 cm³/mol. The molecule has 0 bridgehead atoms. The van der Waals surface area contributed by atoms with Crippen molar-refractivity contribution in [3.63, 3.8) is 0 Å². The number of rotatable bonds is 3. The standard InChI is InChI=1S/C15H13F3N4O3/c16-15(17,18)14(13(24)25)4-6-21(9-14)12(23)10-2-1-3-11(8-10)22-7-5-19-20-22/h1-3,5,7-8H,4,6,9H2,(H,24,25). The Balaban J connectivity index is 1.86. The number of benzene rings is 1. The van der Waals surface area contributed by atoms with Gasteiger partial charge < -0.3 is 10.0 Å². The summed E-state index contributed by atoms with van der Waals surface area (Å²) < 4.78 is 41.1. The van der Waals surface area contributed by atoms with Gasteiger partial charge >= 0.3 is 12.1 Å². The number of aromatic nitrogens is 3. The monoisotopic (exact) mass is 354 g/mol. The molecule has 1 fully saturated rings. The Kier molecular flexibility index (Phi) is 3.97. The smallest absolute Gasteiger partial charge is 0.406 e. The first-order chi connectivity index (χ1) is 11.7. The fourth-order valence-corrected chi connectivity index (χ4v) is 2.82. The summed E-state index contributed by atoms with van der Waals surface area (Å²) in [6, 6.07) is 6.14. The summed E-state index contributed by atoms with van der Waals surface area (Å²) >= 11 is 0. The maximum atomic E-state index is 13.2. The van der Waals surface area contributed by atoms with Crippen LogP contribution < -0.4 is 0 Å². The number of halogens is 3. The Hall–Kier alpha value is -2.91.